The van der Waals surface area contributed by atoms with E-state index in [9.17, 15) is 0 Å². The van der Waals surface area contributed by atoms with E-state index >= 15 is 0 Å². The van der Waals surface area contributed by atoms with Crippen LogP contribution in [0.2, 0.25) is 0 Å². The largest absolute Gasteiger partial charge is 0.452 e. The van der Waals surface area contributed by atoms with Gasteiger partial charge >= 0.3 is 5.88 Å². The van der Waals surface area contributed by atoms with Crippen LogP contribution in [0.1, 0.15) is 12.8 Å². The Hall–Kier alpha value is -2.19. The van der Waals surface area contributed by atoms with Gasteiger partial charge in [-0.3, -0.25) is 0 Å². The maximum Gasteiger partial charge on any atom is 0.335 e. The number of methoxy groups -OCH3 is 2. The minimum absolute atomic E-state index is 0. The highest BCUT2D eigenvalue weighted by Gasteiger charge is 2.49. The summed E-state index contributed by atoms with van der Waals surface area (Å²) < 4.78 is 11.0. The average molecular weight is 392 g/mol. The van der Waals surface area contributed by atoms with Gasteiger partial charge in [0.15, 0.2) is 17.7 Å². The fourth-order valence-corrected chi connectivity index (χ4v) is 3.79. The summed E-state index contributed by atoms with van der Waals surface area (Å²) in [5.74, 6) is 1.46. The molecule has 0 radical (unpaired) electrons. The highest BCUT2D eigenvalue weighted by molar-refractivity contribution is 5.85. The third-order valence-electron chi connectivity index (χ3n) is 4.96. The quantitative estimate of drug-likeness (QED) is 0.583. The zero-order valence-electron chi connectivity index (χ0n) is 15.7. The van der Waals surface area contributed by atoms with Crippen LogP contribution in [0, 0.1) is 0 Å². The number of anilines is 1. The molecule has 1 N–H and O–H groups in total. The number of allylic oxidation sites excluding steroid dienone is 3. The molecular formula is C19H24ClN4O3+. The zero-order chi connectivity index (χ0) is 18.1. The van der Waals surface area contributed by atoms with Crippen molar-refractivity contribution in [3.63, 3.8) is 0 Å². The second-order valence-electron chi connectivity index (χ2n) is 6.33. The van der Waals surface area contributed by atoms with Crippen LogP contribution in [0.4, 0.5) is 5.82 Å². The Kier molecular flexibility index (Phi) is 5.67. The van der Waals surface area contributed by atoms with Gasteiger partial charge in [-0.1, -0.05) is 16.8 Å². The number of hydroxylamine groups is 3. The highest BCUT2D eigenvalue weighted by atomic mass is 35.5. The molecule has 3 heterocycles. The topological polar surface area (TPSA) is 65.5 Å². The number of halogens is 1. The van der Waals surface area contributed by atoms with E-state index < -0.39 is 0 Å². The van der Waals surface area contributed by atoms with Gasteiger partial charge in [0, 0.05) is 25.3 Å². The van der Waals surface area contributed by atoms with Gasteiger partial charge < -0.3 is 14.8 Å². The second kappa shape index (κ2) is 7.82. The first-order valence-electron chi connectivity index (χ1n) is 8.68. The summed E-state index contributed by atoms with van der Waals surface area (Å²) in [4.78, 5) is 5.99. The van der Waals surface area contributed by atoms with E-state index in [1.54, 1.807) is 27.5 Å². The average Bonchev–Trinajstić information content (AvgIpc) is 3.04. The molecule has 1 unspecified atom stereocenters. The number of fused-ring (bicyclic) bond motifs is 3. The van der Waals surface area contributed by atoms with Crippen molar-refractivity contribution >= 4 is 30.1 Å². The summed E-state index contributed by atoms with van der Waals surface area (Å²) in [6.45, 7) is 1.24. The van der Waals surface area contributed by atoms with Crippen LogP contribution in [0.25, 0.3) is 11.9 Å². The molecule has 3 aliphatic rings. The predicted octanol–water partition coefficient (Wildman–Crippen LogP) is 1.34. The highest BCUT2D eigenvalue weighted by Crippen LogP contribution is 2.43. The first-order chi connectivity index (χ1) is 12.7. The third-order valence-corrected chi connectivity index (χ3v) is 4.96. The zero-order valence-corrected chi connectivity index (χ0v) is 16.5. The van der Waals surface area contributed by atoms with Crippen molar-refractivity contribution in [2.75, 3.05) is 39.8 Å². The molecule has 0 amide bonds. The maximum absolute atomic E-state index is 5.99. The third kappa shape index (κ3) is 2.96. The lowest BCUT2D eigenvalue weighted by atomic mass is 9.91. The van der Waals surface area contributed by atoms with Gasteiger partial charge in [-0.05, 0) is 18.4 Å². The molecule has 0 spiro atoms. The molecule has 27 heavy (non-hydrogen) atoms. The smallest absolute Gasteiger partial charge is 0.335 e. The van der Waals surface area contributed by atoms with Gasteiger partial charge in [0.05, 0.1) is 37.5 Å². The SMILES string of the molecule is COCCNc1nncc2c1=C1C3=C(C=C(OC)[N+]1(OC)C=2)CCC=C3.Cl. The molecule has 0 saturated carbocycles. The van der Waals surface area contributed by atoms with Crippen molar-refractivity contribution in [3.8, 4) is 0 Å². The molecular weight excluding hydrogens is 368 g/mol. The number of quaternary nitrogens is 1. The predicted molar refractivity (Wildman–Crippen MR) is 105 cm³/mol. The molecule has 4 rings (SSSR count). The minimum Gasteiger partial charge on any atom is -0.452 e. The summed E-state index contributed by atoms with van der Waals surface area (Å²) in [6, 6.07) is 0. The molecule has 0 bridgehead atoms. The Bertz CT molecular complexity index is 954. The van der Waals surface area contributed by atoms with Gasteiger partial charge in [0.25, 0.3) is 0 Å². The minimum atomic E-state index is 0. The van der Waals surface area contributed by atoms with E-state index in [2.05, 4.69) is 33.7 Å². The van der Waals surface area contributed by atoms with E-state index in [0.29, 0.717) is 13.2 Å². The molecule has 1 aromatic rings. The van der Waals surface area contributed by atoms with Gasteiger partial charge in [0.2, 0.25) is 0 Å². The lowest BCUT2D eigenvalue weighted by molar-refractivity contribution is -0.962. The van der Waals surface area contributed by atoms with Gasteiger partial charge in [-0.2, -0.15) is 9.94 Å². The molecule has 0 saturated heterocycles. The Morgan fingerprint density at radius 2 is 2.11 bits per heavy atom. The molecule has 8 heteroatoms. The lowest BCUT2D eigenvalue weighted by Crippen LogP contribution is -2.42. The van der Waals surface area contributed by atoms with Crippen LogP contribution in [0.3, 0.4) is 0 Å². The Labute approximate surface area is 164 Å². The molecule has 144 valence electrons. The number of ether oxygens (including phenoxy) is 2. The van der Waals surface area contributed by atoms with Crippen molar-refractivity contribution in [1.29, 1.82) is 0 Å². The van der Waals surface area contributed by atoms with Gasteiger partial charge in [0.1, 0.15) is 0 Å². The summed E-state index contributed by atoms with van der Waals surface area (Å²) >= 11 is 0. The van der Waals surface area contributed by atoms with E-state index in [1.807, 2.05) is 6.20 Å². The Morgan fingerprint density at radius 3 is 2.85 bits per heavy atom. The van der Waals surface area contributed by atoms with Crippen molar-refractivity contribution in [3.05, 3.63) is 51.9 Å². The standard InChI is InChI=1S/C19H23N4O3.ClH/c1-24-9-8-20-19-17-14(11-21-22-19)12-23(26-3)16(25-2)10-13-6-4-5-7-15(13)18(17)23;/h5,7,10-12H,4,6,8-9H2,1-3H3,(H,20,22);1H/q+1;. The van der Waals surface area contributed by atoms with E-state index in [4.69, 9.17) is 14.3 Å². The number of aromatic nitrogens is 2. The van der Waals surface area contributed by atoms with Crippen molar-refractivity contribution < 1.29 is 19.0 Å². The Morgan fingerprint density at radius 1 is 1.26 bits per heavy atom. The van der Waals surface area contributed by atoms with E-state index in [-0.39, 0.29) is 17.1 Å². The molecule has 1 aliphatic carbocycles. The number of hydrogen-bond acceptors (Lipinski definition) is 6. The number of hydrogen-bond donors (Lipinski definition) is 1. The van der Waals surface area contributed by atoms with E-state index in [1.165, 1.54) is 5.57 Å². The molecule has 2 aliphatic heterocycles. The lowest BCUT2D eigenvalue weighted by Gasteiger charge is -2.34. The molecule has 0 fully saturated rings. The second-order valence-corrected chi connectivity index (χ2v) is 6.33. The van der Waals surface area contributed by atoms with Crippen molar-refractivity contribution in [1.82, 2.24) is 10.2 Å². The van der Waals surface area contributed by atoms with Gasteiger partial charge in [-0.15, -0.1) is 17.5 Å². The molecule has 1 atom stereocenters. The summed E-state index contributed by atoms with van der Waals surface area (Å²) in [5, 5.41) is 13.8. The van der Waals surface area contributed by atoms with Crippen LogP contribution >= 0.6 is 12.4 Å². The molecule has 1 aromatic heterocycles. The van der Waals surface area contributed by atoms with Gasteiger partial charge in [-0.25, -0.2) is 0 Å². The Balaban J connectivity index is 0.00000210. The van der Waals surface area contributed by atoms with Crippen LogP contribution in [0.5, 0.6) is 0 Å². The van der Waals surface area contributed by atoms with Crippen molar-refractivity contribution in [2.45, 2.75) is 12.8 Å². The maximum atomic E-state index is 5.99. The van der Waals surface area contributed by atoms with Crippen molar-refractivity contribution in [2.24, 2.45) is 0 Å². The number of rotatable bonds is 6. The summed E-state index contributed by atoms with van der Waals surface area (Å²) in [6.07, 6.45) is 12.2. The molecule has 7 nitrogen and oxygen atoms in total. The fraction of sp³-hybridized carbons (Fsp3) is 0.368. The van der Waals surface area contributed by atoms with Crippen LogP contribution in [-0.2, 0) is 14.3 Å². The molecule has 0 aromatic carbocycles. The summed E-state index contributed by atoms with van der Waals surface area (Å²) in [7, 11) is 5.04. The van der Waals surface area contributed by atoms with Crippen LogP contribution in [0.15, 0.2) is 41.5 Å². The first kappa shape index (κ1) is 19.6. The first-order valence-corrected chi connectivity index (χ1v) is 8.68. The fourth-order valence-electron chi connectivity index (χ4n) is 3.79. The van der Waals surface area contributed by atoms with Crippen LogP contribution < -0.4 is 15.8 Å². The van der Waals surface area contributed by atoms with Crippen LogP contribution in [-0.4, -0.2) is 49.3 Å². The monoisotopic (exact) mass is 391 g/mol. The normalized spacial score (nSPS) is 22.2. The van der Waals surface area contributed by atoms with E-state index in [0.717, 1.165) is 46.3 Å². The number of nitrogens with zero attached hydrogens (tertiary/aromatic N) is 3. The number of nitrogens with one attached hydrogen (secondary N) is 1. The summed E-state index contributed by atoms with van der Waals surface area (Å²) in [5.41, 5.74) is 3.44.